The van der Waals surface area contributed by atoms with E-state index in [4.69, 9.17) is 4.74 Å². The van der Waals surface area contributed by atoms with Crippen molar-refractivity contribution in [3.63, 3.8) is 0 Å². The molecule has 1 N–H and O–H groups in total. The smallest absolute Gasteiger partial charge is 0.220 e. The molecule has 0 saturated heterocycles. The van der Waals surface area contributed by atoms with E-state index in [-0.39, 0.29) is 17.8 Å². The molecule has 4 rings (SSSR count). The summed E-state index contributed by atoms with van der Waals surface area (Å²) in [5.74, 6) is 0.996. The van der Waals surface area contributed by atoms with Crippen LogP contribution in [0.25, 0.3) is 11.3 Å². The number of aromatic nitrogens is 2. The summed E-state index contributed by atoms with van der Waals surface area (Å²) in [4.78, 5) is 21.2. The lowest BCUT2D eigenvalue weighted by molar-refractivity contribution is -0.121. The van der Waals surface area contributed by atoms with E-state index < -0.39 is 0 Å². The van der Waals surface area contributed by atoms with Gasteiger partial charge in [-0.05, 0) is 38.3 Å². The van der Waals surface area contributed by atoms with Crippen molar-refractivity contribution in [1.82, 2.24) is 15.3 Å². The number of carbonyl (C=O) groups is 1. The zero-order valence-corrected chi connectivity index (χ0v) is 17.1. The Labute approximate surface area is 171 Å². The van der Waals surface area contributed by atoms with Crippen LogP contribution in [0.5, 0.6) is 5.75 Å². The maximum Gasteiger partial charge on any atom is 0.220 e. The molecule has 29 heavy (non-hydrogen) atoms. The first-order valence-corrected chi connectivity index (χ1v) is 10.6. The lowest BCUT2D eigenvalue weighted by Crippen LogP contribution is -2.34. The summed E-state index contributed by atoms with van der Waals surface area (Å²) in [5.41, 5.74) is 3.59. The number of ether oxygens (including phenoxy) is 1. The number of nitrogens with one attached hydrogen (secondary N) is 1. The standard InChI is InChI=1S/C23H28FN3O2/c1-14-12-25-15(2)22(27-14)18-8-9-20(24)19-11-17(29-23(18)19)13-26-21(28)10-7-16-5-3-4-6-16/h8-9,12,16-17H,3-7,10-11,13H2,1-2H3,(H,26,28)/t17-/m0/s1. The van der Waals surface area contributed by atoms with Crippen molar-refractivity contribution in [3.05, 3.63) is 41.1 Å². The molecule has 0 spiro atoms. The average Bonchev–Trinajstić information content (AvgIpc) is 3.37. The fourth-order valence-electron chi connectivity index (χ4n) is 4.41. The zero-order chi connectivity index (χ0) is 20.4. The molecule has 154 valence electrons. The van der Waals surface area contributed by atoms with Gasteiger partial charge >= 0.3 is 0 Å². The van der Waals surface area contributed by atoms with Crippen molar-refractivity contribution >= 4 is 5.91 Å². The van der Waals surface area contributed by atoms with Gasteiger partial charge < -0.3 is 10.1 Å². The molecule has 0 bridgehead atoms. The van der Waals surface area contributed by atoms with Crippen molar-refractivity contribution in [2.45, 2.75) is 64.9 Å². The minimum atomic E-state index is -0.280. The topological polar surface area (TPSA) is 64.1 Å². The highest BCUT2D eigenvalue weighted by molar-refractivity contribution is 5.76. The average molecular weight is 397 g/mol. The lowest BCUT2D eigenvalue weighted by atomic mass is 10.0. The van der Waals surface area contributed by atoms with E-state index in [2.05, 4.69) is 15.3 Å². The first-order valence-electron chi connectivity index (χ1n) is 10.6. The summed E-state index contributed by atoms with van der Waals surface area (Å²) in [5, 5.41) is 2.97. The minimum Gasteiger partial charge on any atom is -0.487 e. The van der Waals surface area contributed by atoms with Crippen LogP contribution in [-0.4, -0.2) is 28.5 Å². The molecule has 1 aliphatic carbocycles. The highest BCUT2D eigenvalue weighted by Gasteiger charge is 2.30. The number of carbonyl (C=O) groups excluding carboxylic acids is 1. The molecule has 0 unspecified atom stereocenters. The van der Waals surface area contributed by atoms with Crippen molar-refractivity contribution in [3.8, 4) is 17.0 Å². The Hall–Kier alpha value is -2.50. The van der Waals surface area contributed by atoms with E-state index in [1.165, 1.54) is 31.7 Å². The molecule has 2 aromatic rings. The van der Waals surface area contributed by atoms with Crippen LogP contribution in [0.2, 0.25) is 0 Å². The van der Waals surface area contributed by atoms with Crippen LogP contribution in [0, 0.1) is 25.6 Å². The second-order valence-corrected chi connectivity index (χ2v) is 8.29. The molecular weight excluding hydrogens is 369 g/mol. The van der Waals surface area contributed by atoms with Gasteiger partial charge in [-0.25, -0.2) is 9.37 Å². The second-order valence-electron chi connectivity index (χ2n) is 8.29. The molecule has 1 atom stereocenters. The van der Waals surface area contributed by atoms with E-state index in [0.717, 1.165) is 23.4 Å². The number of aryl methyl sites for hydroxylation is 2. The largest absolute Gasteiger partial charge is 0.487 e. The number of halogens is 1. The molecule has 2 aliphatic rings. The number of nitrogens with zero attached hydrogens (tertiary/aromatic N) is 2. The maximum absolute atomic E-state index is 14.4. The van der Waals surface area contributed by atoms with Gasteiger partial charge in [-0.2, -0.15) is 0 Å². The number of benzene rings is 1. The van der Waals surface area contributed by atoms with E-state index in [9.17, 15) is 9.18 Å². The predicted octanol–water partition coefficient (Wildman–Crippen LogP) is 4.29. The quantitative estimate of drug-likeness (QED) is 0.790. The minimum absolute atomic E-state index is 0.0533. The first kappa shape index (κ1) is 19.8. The summed E-state index contributed by atoms with van der Waals surface area (Å²) in [6.07, 6.45) is 8.48. The van der Waals surface area contributed by atoms with Crippen molar-refractivity contribution in [1.29, 1.82) is 0 Å². The number of hydrogen-bond donors (Lipinski definition) is 1. The van der Waals surface area contributed by atoms with Crippen LogP contribution in [0.15, 0.2) is 18.3 Å². The highest BCUT2D eigenvalue weighted by atomic mass is 19.1. The van der Waals surface area contributed by atoms with Crippen LogP contribution in [-0.2, 0) is 11.2 Å². The van der Waals surface area contributed by atoms with E-state index in [1.807, 2.05) is 13.8 Å². The summed E-state index contributed by atoms with van der Waals surface area (Å²) >= 11 is 0. The summed E-state index contributed by atoms with van der Waals surface area (Å²) in [6, 6.07) is 3.16. The molecule has 2 heterocycles. The van der Waals surface area contributed by atoms with Crippen LogP contribution in [0.1, 0.15) is 55.5 Å². The van der Waals surface area contributed by atoms with Crippen LogP contribution >= 0.6 is 0 Å². The Bertz CT molecular complexity index is 909. The van der Waals surface area contributed by atoms with Crippen molar-refractivity contribution in [2.24, 2.45) is 5.92 Å². The third-order valence-corrected chi connectivity index (χ3v) is 6.03. The Morgan fingerprint density at radius 3 is 2.86 bits per heavy atom. The maximum atomic E-state index is 14.4. The van der Waals surface area contributed by atoms with E-state index in [1.54, 1.807) is 12.3 Å². The van der Waals surface area contributed by atoms with Gasteiger partial charge in [0.15, 0.2) is 0 Å². The number of rotatable bonds is 6. The van der Waals surface area contributed by atoms with Crippen LogP contribution < -0.4 is 10.1 Å². The molecule has 1 aromatic carbocycles. The third-order valence-electron chi connectivity index (χ3n) is 6.03. The Kier molecular flexibility index (Phi) is 5.79. The Morgan fingerprint density at radius 1 is 1.28 bits per heavy atom. The van der Waals surface area contributed by atoms with E-state index >= 15 is 0 Å². The van der Waals surface area contributed by atoms with Gasteiger partial charge in [-0.1, -0.05) is 25.7 Å². The SMILES string of the molecule is Cc1cnc(C)c(-c2ccc(F)c3c2O[C@H](CNC(=O)CCC2CCCC2)C3)n1. The first-order chi connectivity index (χ1) is 14.0. The zero-order valence-electron chi connectivity index (χ0n) is 17.1. The number of fused-ring (bicyclic) bond motifs is 1. The molecule has 1 aliphatic heterocycles. The van der Waals surface area contributed by atoms with E-state index in [0.29, 0.717) is 42.3 Å². The predicted molar refractivity (Wildman–Crippen MR) is 109 cm³/mol. The summed E-state index contributed by atoms with van der Waals surface area (Å²) in [6.45, 7) is 4.15. The Morgan fingerprint density at radius 2 is 2.07 bits per heavy atom. The van der Waals surface area contributed by atoms with Gasteiger partial charge in [0, 0.05) is 30.2 Å². The van der Waals surface area contributed by atoms with Gasteiger partial charge in [-0.15, -0.1) is 0 Å². The van der Waals surface area contributed by atoms with Gasteiger partial charge in [0.2, 0.25) is 5.91 Å². The Balaban J connectivity index is 1.41. The molecule has 6 heteroatoms. The van der Waals surface area contributed by atoms with Crippen molar-refractivity contribution < 1.29 is 13.9 Å². The van der Waals surface area contributed by atoms with Gasteiger partial charge in [0.05, 0.1) is 23.6 Å². The highest BCUT2D eigenvalue weighted by Crippen LogP contribution is 2.40. The molecule has 1 fully saturated rings. The normalized spacial score (nSPS) is 18.5. The van der Waals surface area contributed by atoms with Gasteiger partial charge in [0.1, 0.15) is 17.7 Å². The second kappa shape index (κ2) is 8.47. The lowest BCUT2D eigenvalue weighted by Gasteiger charge is -2.15. The van der Waals surface area contributed by atoms with Crippen molar-refractivity contribution in [2.75, 3.05) is 6.54 Å². The molecule has 1 amide bonds. The fourth-order valence-corrected chi connectivity index (χ4v) is 4.41. The molecular formula is C23H28FN3O2. The summed E-state index contributed by atoms with van der Waals surface area (Å²) < 4.78 is 20.5. The van der Waals surface area contributed by atoms with Crippen LogP contribution in [0.4, 0.5) is 4.39 Å². The third kappa shape index (κ3) is 4.41. The summed E-state index contributed by atoms with van der Waals surface area (Å²) in [7, 11) is 0. The molecule has 1 aromatic heterocycles. The molecule has 1 saturated carbocycles. The van der Waals surface area contributed by atoms with Crippen LogP contribution in [0.3, 0.4) is 0 Å². The number of amides is 1. The fraction of sp³-hybridized carbons (Fsp3) is 0.522. The molecule has 0 radical (unpaired) electrons. The van der Waals surface area contributed by atoms with Gasteiger partial charge in [0.25, 0.3) is 0 Å². The van der Waals surface area contributed by atoms with Gasteiger partial charge in [-0.3, -0.25) is 9.78 Å². The monoisotopic (exact) mass is 397 g/mol. The number of hydrogen-bond acceptors (Lipinski definition) is 4. The molecule has 5 nitrogen and oxygen atoms in total.